The van der Waals surface area contributed by atoms with Crippen molar-refractivity contribution in [1.82, 2.24) is 5.16 Å². The zero-order valence-electron chi connectivity index (χ0n) is 20.0. The van der Waals surface area contributed by atoms with Gasteiger partial charge in [0, 0.05) is 35.2 Å². The summed E-state index contributed by atoms with van der Waals surface area (Å²) in [4.78, 5) is 14.8. The van der Waals surface area contributed by atoms with E-state index in [2.05, 4.69) is 22.0 Å². The summed E-state index contributed by atoms with van der Waals surface area (Å²) in [5, 5.41) is 4.16. The number of rotatable bonds is 5. The van der Waals surface area contributed by atoms with Gasteiger partial charge in [-0.2, -0.15) is 0 Å². The Hall–Kier alpha value is -3.33. The van der Waals surface area contributed by atoms with Gasteiger partial charge in [-0.3, -0.25) is 9.52 Å². The lowest BCUT2D eigenvalue weighted by molar-refractivity contribution is -0.118. The monoisotopic (exact) mass is 505 g/mol. The predicted octanol–water partition coefficient (Wildman–Crippen LogP) is 4.65. The highest BCUT2D eigenvalue weighted by molar-refractivity contribution is 7.92. The third kappa shape index (κ3) is 3.14. The first-order chi connectivity index (χ1) is 17.3. The number of carbonyl (C=O) groups is 1. The number of hydrogen-bond donors (Lipinski definition) is 1. The molecule has 0 bridgehead atoms. The Morgan fingerprint density at radius 3 is 2.58 bits per heavy atom. The first-order valence-corrected chi connectivity index (χ1v) is 13.9. The number of sulfonamides is 1. The number of ether oxygens (including phenoxy) is 1. The second kappa shape index (κ2) is 7.35. The number of anilines is 2. The molecule has 1 saturated heterocycles. The van der Waals surface area contributed by atoms with Crippen molar-refractivity contribution in [1.29, 1.82) is 0 Å². The molecule has 1 aliphatic heterocycles. The molecule has 1 amide bonds. The van der Waals surface area contributed by atoms with E-state index in [0.717, 1.165) is 49.0 Å². The van der Waals surface area contributed by atoms with Crippen LogP contribution in [0.4, 0.5) is 11.5 Å². The molecule has 2 saturated carbocycles. The second-order valence-electron chi connectivity index (χ2n) is 10.8. The lowest BCUT2D eigenvalue weighted by atomic mass is 9.68. The zero-order chi connectivity index (χ0) is 24.7. The molecule has 2 heterocycles. The van der Waals surface area contributed by atoms with Gasteiger partial charge in [-0.15, -0.1) is 0 Å². The molecule has 3 aromatic rings. The minimum absolute atomic E-state index is 0.0404. The van der Waals surface area contributed by atoms with E-state index in [0.29, 0.717) is 18.6 Å². The van der Waals surface area contributed by atoms with Gasteiger partial charge in [0.1, 0.15) is 10.6 Å². The summed E-state index contributed by atoms with van der Waals surface area (Å²) in [5.74, 6) is 1.22. The van der Waals surface area contributed by atoms with E-state index in [-0.39, 0.29) is 33.2 Å². The molecule has 8 nitrogen and oxygen atoms in total. The van der Waals surface area contributed by atoms with Crippen LogP contribution in [0.15, 0.2) is 51.9 Å². The fraction of sp³-hybridized carbons (Fsp3) is 0.407. The minimum Gasteiger partial charge on any atom is -0.495 e. The van der Waals surface area contributed by atoms with Crippen LogP contribution >= 0.6 is 0 Å². The van der Waals surface area contributed by atoms with E-state index in [4.69, 9.17) is 9.26 Å². The van der Waals surface area contributed by atoms with E-state index in [1.807, 2.05) is 11.0 Å². The van der Waals surface area contributed by atoms with Gasteiger partial charge in [0.2, 0.25) is 5.91 Å². The molecule has 0 unspecified atom stereocenters. The van der Waals surface area contributed by atoms with Crippen LogP contribution in [0, 0.1) is 5.41 Å². The number of methoxy groups -OCH3 is 1. The van der Waals surface area contributed by atoms with Gasteiger partial charge in [0.25, 0.3) is 10.0 Å². The van der Waals surface area contributed by atoms with Gasteiger partial charge in [0.15, 0.2) is 11.6 Å². The van der Waals surface area contributed by atoms with Crippen LogP contribution < -0.4 is 14.4 Å². The SMILES string of the molecule is COc1ccccc1S(=O)(=O)Nc1noc2c1CC1(CC1)c1ccc(N3CC4(CCC4)CC3=O)cc1-2. The molecule has 2 spiro atoms. The standard InChI is InChI=1S/C27H27N3O5S/c1-34-21-5-2-3-6-22(21)36(32,33)29-25-19-14-27(11-12-27)20-8-7-17(13-18(20)24(19)35-28-25)30-16-26(9-4-10-26)15-23(30)31/h2-3,5-8,13H,4,9-12,14-16H2,1H3,(H,28,29). The average molecular weight is 506 g/mol. The molecule has 3 aliphatic carbocycles. The Kier molecular flexibility index (Phi) is 4.47. The topological polar surface area (TPSA) is 102 Å². The van der Waals surface area contributed by atoms with Crippen LogP contribution in [-0.2, 0) is 26.7 Å². The van der Waals surface area contributed by atoms with Gasteiger partial charge in [-0.05, 0) is 67.3 Å². The first kappa shape index (κ1) is 21.9. The van der Waals surface area contributed by atoms with Crippen molar-refractivity contribution in [3.63, 3.8) is 0 Å². The summed E-state index contributed by atoms with van der Waals surface area (Å²) in [5.41, 5.74) is 3.84. The Labute approximate surface area is 209 Å². The van der Waals surface area contributed by atoms with Crippen molar-refractivity contribution in [2.75, 3.05) is 23.3 Å². The average Bonchev–Trinajstić information content (AvgIpc) is 3.37. The predicted molar refractivity (Wildman–Crippen MR) is 134 cm³/mol. The summed E-state index contributed by atoms with van der Waals surface area (Å²) in [6.07, 6.45) is 6.76. The second-order valence-corrected chi connectivity index (χ2v) is 12.4. The lowest BCUT2D eigenvalue weighted by Crippen LogP contribution is -2.33. The molecule has 186 valence electrons. The van der Waals surface area contributed by atoms with Crippen LogP contribution in [0.1, 0.15) is 49.7 Å². The van der Waals surface area contributed by atoms with Crippen molar-refractivity contribution in [2.24, 2.45) is 5.41 Å². The third-order valence-electron chi connectivity index (χ3n) is 8.61. The number of aromatic nitrogens is 1. The van der Waals surface area contributed by atoms with Gasteiger partial charge in [0.05, 0.1) is 7.11 Å². The number of nitrogens with zero attached hydrogens (tertiary/aromatic N) is 2. The molecule has 1 N–H and O–H groups in total. The maximum absolute atomic E-state index is 13.2. The van der Waals surface area contributed by atoms with Crippen molar-refractivity contribution >= 4 is 27.4 Å². The number of amides is 1. The number of benzene rings is 2. The van der Waals surface area contributed by atoms with Gasteiger partial charge in [-0.1, -0.05) is 29.8 Å². The highest BCUT2D eigenvalue weighted by Gasteiger charge is 2.51. The normalized spacial score (nSPS) is 20.7. The molecule has 7 rings (SSSR count). The van der Waals surface area contributed by atoms with Crippen LogP contribution in [0.25, 0.3) is 11.3 Å². The van der Waals surface area contributed by atoms with Crippen LogP contribution in [-0.4, -0.2) is 33.1 Å². The highest BCUT2D eigenvalue weighted by atomic mass is 32.2. The summed E-state index contributed by atoms with van der Waals surface area (Å²) in [6, 6.07) is 12.7. The maximum atomic E-state index is 13.2. The molecule has 4 aliphatic rings. The van der Waals surface area contributed by atoms with E-state index in [1.165, 1.54) is 25.2 Å². The van der Waals surface area contributed by atoms with Crippen LogP contribution in [0.2, 0.25) is 0 Å². The van der Waals surface area contributed by atoms with Crippen molar-refractivity contribution < 1.29 is 22.5 Å². The van der Waals surface area contributed by atoms with E-state index in [1.54, 1.807) is 18.2 Å². The van der Waals surface area contributed by atoms with Gasteiger partial charge >= 0.3 is 0 Å². The minimum atomic E-state index is -3.94. The Morgan fingerprint density at radius 2 is 1.89 bits per heavy atom. The quantitative estimate of drug-likeness (QED) is 0.542. The molecule has 0 radical (unpaired) electrons. The first-order valence-electron chi connectivity index (χ1n) is 12.4. The number of hydrogen-bond acceptors (Lipinski definition) is 6. The molecule has 0 atom stereocenters. The third-order valence-corrected chi connectivity index (χ3v) is 9.99. The summed E-state index contributed by atoms with van der Waals surface area (Å²) < 4.78 is 40.1. The highest BCUT2D eigenvalue weighted by Crippen LogP contribution is 2.59. The van der Waals surface area contributed by atoms with E-state index >= 15 is 0 Å². The number of nitrogens with one attached hydrogen (secondary N) is 1. The Morgan fingerprint density at radius 1 is 1.08 bits per heavy atom. The number of carbonyl (C=O) groups excluding carboxylic acids is 1. The van der Waals surface area contributed by atoms with Crippen LogP contribution in [0.3, 0.4) is 0 Å². The van der Waals surface area contributed by atoms with Gasteiger partial charge < -0.3 is 14.2 Å². The summed E-state index contributed by atoms with van der Waals surface area (Å²) in [7, 11) is -2.50. The Bertz CT molecular complexity index is 1520. The lowest BCUT2D eigenvalue weighted by Gasteiger charge is -2.37. The summed E-state index contributed by atoms with van der Waals surface area (Å²) >= 11 is 0. The molecular weight excluding hydrogens is 478 g/mol. The molecule has 9 heteroatoms. The van der Waals surface area contributed by atoms with Crippen molar-refractivity contribution in [3.05, 3.63) is 53.6 Å². The van der Waals surface area contributed by atoms with Crippen molar-refractivity contribution in [3.8, 4) is 17.1 Å². The fourth-order valence-corrected chi connectivity index (χ4v) is 7.51. The van der Waals surface area contributed by atoms with Gasteiger partial charge in [-0.25, -0.2) is 8.42 Å². The smallest absolute Gasteiger partial charge is 0.266 e. The summed E-state index contributed by atoms with van der Waals surface area (Å²) in [6.45, 7) is 0.767. The molecule has 36 heavy (non-hydrogen) atoms. The Balaban J connectivity index is 1.27. The zero-order valence-corrected chi connectivity index (χ0v) is 20.9. The maximum Gasteiger partial charge on any atom is 0.266 e. The molecular formula is C27H27N3O5S. The van der Waals surface area contributed by atoms with E-state index in [9.17, 15) is 13.2 Å². The van der Waals surface area contributed by atoms with Crippen LogP contribution in [0.5, 0.6) is 5.75 Å². The molecule has 1 aromatic heterocycles. The largest absolute Gasteiger partial charge is 0.495 e. The molecule has 2 aromatic carbocycles. The number of para-hydroxylation sites is 1. The van der Waals surface area contributed by atoms with Crippen molar-refractivity contribution in [2.45, 2.75) is 55.3 Å². The fourth-order valence-electron chi connectivity index (χ4n) is 6.31. The van der Waals surface area contributed by atoms with E-state index < -0.39 is 10.0 Å². The molecule has 3 fully saturated rings. The number of fused-ring (bicyclic) bond motifs is 4.